The van der Waals surface area contributed by atoms with Crippen molar-refractivity contribution in [3.63, 3.8) is 0 Å². The molecule has 21 nitrogen and oxygen atoms in total. The third-order valence-electron chi connectivity index (χ3n) is 14.3. The molecule has 8 N–H and O–H groups in total. The number of pyridine rings is 2. The zero-order valence-electron chi connectivity index (χ0n) is 50.5. The lowest BCUT2D eigenvalue weighted by molar-refractivity contribution is -0.157. The van der Waals surface area contributed by atoms with Crippen molar-refractivity contribution in [1.82, 2.24) is 52.1 Å². The fourth-order valence-corrected chi connectivity index (χ4v) is 9.22. The van der Waals surface area contributed by atoms with Crippen LogP contribution in [0, 0.1) is 11.8 Å². The van der Waals surface area contributed by atoms with Crippen molar-refractivity contribution in [3.05, 3.63) is 122 Å². The van der Waals surface area contributed by atoms with Gasteiger partial charge in [-0.25, -0.2) is 10.9 Å². The number of carboxylic acids is 1. The fraction of sp³-hybridized carbons (Fsp3) is 0.469. The molecule has 2 aromatic heterocycles. The van der Waals surface area contributed by atoms with Gasteiger partial charge in [0.05, 0.1) is 17.5 Å². The second-order valence-electron chi connectivity index (χ2n) is 22.0. The van der Waals surface area contributed by atoms with E-state index in [0.717, 1.165) is 50.5 Å². The number of nitrogens with one attached hydrogen (secondary N) is 6. The van der Waals surface area contributed by atoms with Gasteiger partial charge in [-0.3, -0.25) is 58.3 Å². The highest BCUT2D eigenvalue weighted by atomic mass is 16.5. The summed E-state index contributed by atoms with van der Waals surface area (Å²) in [4.78, 5) is 108. The maximum atomic E-state index is 13.2. The molecule has 6 rings (SSSR count). The van der Waals surface area contributed by atoms with Crippen LogP contribution in [0.15, 0.2) is 99.4 Å². The predicted molar refractivity (Wildman–Crippen MR) is 329 cm³/mol. The number of aromatic nitrogens is 2. The van der Waals surface area contributed by atoms with Gasteiger partial charge in [-0.2, -0.15) is 0 Å². The van der Waals surface area contributed by atoms with E-state index in [1.165, 1.54) is 16.9 Å². The van der Waals surface area contributed by atoms with E-state index in [0.29, 0.717) is 70.9 Å². The first-order chi connectivity index (χ1) is 40.4. The lowest BCUT2D eigenvalue weighted by atomic mass is 10.0. The standard InChI is InChI=1S/C32H43N5O5.C19H32N4O5.C13H13NO/c1-7-9-10-13-28(38)35-29(20(3)4)30(39)34-21(5)31(40)37-16-11-12-27(36-37)32(41)42-22(6)23-14-15-24-19-33-26(8-2)18-25(24)17-23;1-5-6-7-10-15(24)21-16(12(2)3)17(25)20-13(4)18(26)23-11-8-9-14(22-23)19(27)28;1-3-13-7-12-6-10(9(2)15)4-5-11(12)8-14-13/h7-8,14-15,17-22,27,29,36H,1-2,9-13,16H2,3-6H3,(H,34,39)(H,35,38);5,12-14,16,22H,1,6-11H2,2-4H3,(H,20,25)(H,21,24)(H,27,28);3-9,15H,1H2,2H3/t21-,22?,27-,29-;13-,14-,16-;9-/m001/s1. The Morgan fingerprint density at radius 1 is 0.612 bits per heavy atom. The molecule has 1 unspecified atom stereocenters. The van der Waals surface area contributed by atoms with Crippen molar-refractivity contribution in [2.24, 2.45) is 11.8 Å². The summed E-state index contributed by atoms with van der Waals surface area (Å²) >= 11 is 0. The minimum Gasteiger partial charge on any atom is -0.480 e. The molecule has 4 heterocycles. The Hall–Kier alpha value is -8.14. The molecule has 2 saturated heterocycles. The number of hydrazine groups is 2. The number of hydrogen-bond donors (Lipinski definition) is 8. The van der Waals surface area contributed by atoms with Crippen molar-refractivity contribution >= 4 is 81.1 Å². The van der Waals surface area contributed by atoms with Crippen LogP contribution in [0.25, 0.3) is 33.7 Å². The van der Waals surface area contributed by atoms with Gasteiger partial charge in [0.1, 0.15) is 42.4 Å². The molecule has 8 atom stereocenters. The van der Waals surface area contributed by atoms with Crippen molar-refractivity contribution in [2.45, 2.75) is 168 Å². The molecule has 0 bridgehead atoms. The molecule has 85 heavy (non-hydrogen) atoms. The van der Waals surface area contributed by atoms with Gasteiger partial charge in [-0.15, -0.1) is 13.2 Å². The number of carbonyl (C=O) groups excluding carboxylic acids is 7. The summed E-state index contributed by atoms with van der Waals surface area (Å²) in [6.07, 6.45) is 15.0. The van der Waals surface area contributed by atoms with E-state index in [9.17, 15) is 43.5 Å². The van der Waals surface area contributed by atoms with E-state index in [1.54, 1.807) is 51.3 Å². The van der Waals surface area contributed by atoms with Crippen LogP contribution < -0.4 is 32.1 Å². The Bertz CT molecular complexity index is 3000. The minimum absolute atomic E-state index is 0.157. The number of allylic oxidation sites excluding steroid dienone is 2. The average molecular weight is 1170 g/mol. The maximum Gasteiger partial charge on any atom is 0.325 e. The smallest absolute Gasteiger partial charge is 0.325 e. The summed E-state index contributed by atoms with van der Waals surface area (Å²) < 4.78 is 5.77. The number of amides is 6. The Kier molecular flexibility index (Phi) is 28.2. The van der Waals surface area contributed by atoms with E-state index in [4.69, 9.17) is 9.84 Å². The number of benzene rings is 2. The molecule has 21 heteroatoms. The molecular weight excluding hydrogens is 1080 g/mol. The number of aliphatic hydroxyl groups excluding tert-OH is 1. The molecule has 4 aromatic rings. The topological polar surface area (TPSA) is 291 Å². The van der Waals surface area contributed by atoms with Gasteiger partial charge in [-0.1, -0.05) is 77.3 Å². The fourth-order valence-electron chi connectivity index (χ4n) is 9.22. The molecule has 2 aliphatic heterocycles. The first-order valence-corrected chi connectivity index (χ1v) is 29.1. The Labute approximate surface area is 499 Å². The van der Waals surface area contributed by atoms with E-state index in [1.807, 2.05) is 82.4 Å². The largest absolute Gasteiger partial charge is 0.480 e. The van der Waals surface area contributed by atoms with Gasteiger partial charge in [0.25, 0.3) is 11.8 Å². The normalized spacial score (nSPS) is 16.9. The lowest BCUT2D eigenvalue weighted by Crippen LogP contribution is -2.61. The number of carbonyl (C=O) groups is 8. The zero-order chi connectivity index (χ0) is 62.9. The highest BCUT2D eigenvalue weighted by molar-refractivity contribution is 5.93. The van der Waals surface area contributed by atoms with E-state index >= 15 is 0 Å². The van der Waals surface area contributed by atoms with Gasteiger partial charge >= 0.3 is 11.9 Å². The quantitative estimate of drug-likeness (QED) is 0.0181. The Morgan fingerprint density at radius 3 is 1.45 bits per heavy atom. The summed E-state index contributed by atoms with van der Waals surface area (Å²) in [6, 6.07) is 10.8. The summed E-state index contributed by atoms with van der Waals surface area (Å²) in [5.41, 5.74) is 9.03. The van der Waals surface area contributed by atoms with Crippen LogP contribution in [0.3, 0.4) is 0 Å². The highest BCUT2D eigenvalue weighted by Crippen LogP contribution is 2.25. The van der Waals surface area contributed by atoms with E-state index in [-0.39, 0.29) is 29.6 Å². The van der Waals surface area contributed by atoms with Crippen molar-refractivity contribution in [3.8, 4) is 0 Å². The third kappa shape index (κ3) is 21.8. The van der Waals surface area contributed by atoms with Crippen LogP contribution in [0.1, 0.15) is 154 Å². The molecule has 0 spiro atoms. The number of unbranched alkanes of at least 4 members (excludes halogenated alkanes) is 2. The van der Waals surface area contributed by atoms with Gasteiger partial charge < -0.3 is 36.2 Å². The summed E-state index contributed by atoms with van der Waals surface area (Å²) in [6.45, 7) is 29.4. The van der Waals surface area contributed by atoms with Crippen LogP contribution in [-0.2, 0) is 43.1 Å². The minimum atomic E-state index is -1.02. The van der Waals surface area contributed by atoms with Crippen LogP contribution in [0.5, 0.6) is 0 Å². The van der Waals surface area contributed by atoms with Crippen molar-refractivity contribution < 1.29 is 53.3 Å². The monoisotopic (exact) mass is 1170 g/mol. The highest BCUT2D eigenvalue weighted by Gasteiger charge is 2.35. The summed E-state index contributed by atoms with van der Waals surface area (Å²) in [5.74, 6) is -3.93. The first-order valence-electron chi connectivity index (χ1n) is 29.1. The Morgan fingerprint density at radius 2 is 1.04 bits per heavy atom. The molecule has 2 aromatic carbocycles. The number of aliphatic carboxylic acids is 1. The number of carboxylic acid groups (broad SMARTS) is 1. The number of ether oxygens (including phenoxy) is 1. The molecule has 0 radical (unpaired) electrons. The SMILES string of the molecule is C=CCCCC(=O)N[C@H](C(=O)N[C@@H](C)C(=O)N1CCC[C@@H](C(=O)O)N1)C(C)C.C=CCCCC(=O)N[C@H](C(=O)N[C@@H](C)C(=O)N1CCC[C@@H](C(=O)OC(C)c2ccc3cnc(C=C)cc3c2)N1)C(C)C.C=Cc1cc2cc([C@@H](C)O)ccc2cn1. The summed E-state index contributed by atoms with van der Waals surface area (Å²) in [7, 11) is 0. The summed E-state index contributed by atoms with van der Waals surface area (Å²) in [5, 5.41) is 36.1. The van der Waals surface area contributed by atoms with E-state index in [2.05, 4.69) is 68.4 Å². The molecule has 2 fully saturated rings. The maximum absolute atomic E-state index is 13.2. The van der Waals surface area contributed by atoms with Crippen molar-refractivity contribution in [2.75, 3.05) is 13.1 Å². The first kappa shape index (κ1) is 69.4. The van der Waals surface area contributed by atoms with Gasteiger partial charge in [-0.05, 0) is 149 Å². The number of aliphatic hydroxyl groups is 1. The van der Waals surface area contributed by atoms with Crippen LogP contribution in [-0.4, -0.2) is 127 Å². The second kappa shape index (κ2) is 34.6. The molecule has 6 amide bonds. The predicted octanol–water partition coefficient (Wildman–Crippen LogP) is 7.48. The molecule has 0 aliphatic carbocycles. The van der Waals surface area contributed by atoms with Crippen LogP contribution in [0.2, 0.25) is 0 Å². The number of fused-ring (bicyclic) bond motifs is 2. The molecule has 460 valence electrons. The number of esters is 1. The third-order valence-corrected chi connectivity index (χ3v) is 14.3. The number of nitrogens with zero attached hydrogens (tertiary/aromatic N) is 4. The number of rotatable bonds is 25. The van der Waals surface area contributed by atoms with Gasteiger partial charge in [0, 0.05) is 49.1 Å². The van der Waals surface area contributed by atoms with Gasteiger partial charge in [0.2, 0.25) is 23.6 Å². The van der Waals surface area contributed by atoms with Crippen molar-refractivity contribution in [1.29, 1.82) is 0 Å². The molecule has 0 saturated carbocycles. The molecule has 2 aliphatic rings. The second-order valence-corrected chi connectivity index (χ2v) is 22.0. The molecular formula is C64H88N10O11. The zero-order valence-corrected chi connectivity index (χ0v) is 50.5. The number of hydrogen-bond acceptors (Lipinski definition) is 14. The lowest BCUT2D eigenvalue weighted by Gasteiger charge is -2.35. The van der Waals surface area contributed by atoms with Gasteiger partial charge in [0.15, 0.2) is 0 Å². The van der Waals surface area contributed by atoms with E-state index < -0.39 is 78.1 Å². The van der Waals surface area contributed by atoms with Crippen LogP contribution in [0.4, 0.5) is 0 Å². The Balaban J connectivity index is 0.000000307. The van der Waals surface area contributed by atoms with Crippen LogP contribution >= 0.6 is 0 Å². The average Bonchev–Trinajstić information content (AvgIpc) is 3.23.